The molecule has 0 N–H and O–H groups in total. The van der Waals surface area contributed by atoms with E-state index in [1.54, 1.807) is 12.1 Å². The molecule has 0 spiro atoms. The van der Waals surface area contributed by atoms with Gasteiger partial charge >= 0.3 is 5.97 Å². The summed E-state index contributed by atoms with van der Waals surface area (Å²) in [6, 6.07) is 7.89. The molecule has 1 aromatic carbocycles. The van der Waals surface area contributed by atoms with Gasteiger partial charge in [0.1, 0.15) is 11.5 Å². The lowest BCUT2D eigenvalue weighted by molar-refractivity contribution is -0.384. The molecule has 0 bridgehead atoms. The molecule has 98 valence electrons. The molecule has 6 heteroatoms. The maximum atomic E-state index is 11.8. The van der Waals surface area contributed by atoms with Crippen molar-refractivity contribution in [2.45, 2.75) is 13.5 Å². The van der Waals surface area contributed by atoms with Crippen LogP contribution in [0.3, 0.4) is 0 Å². The molecular weight excluding hydrogens is 266 g/mol. The number of benzene rings is 1. The molecule has 0 saturated heterocycles. The van der Waals surface area contributed by atoms with Gasteiger partial charge in [0.25, 0.3) is 5.69 Å². The Labute approximate surface area is 113 Å². The van der Waals surface area contributed by atoms with Crippen molar-refractivity contribution in [1.29, 1.82) is 0 Å². The summed E-state index contributed by atoms with van der Waals surface area (Å²) in [7, 11) is 0. The van der Waals surface area contributed by atoms with Gasteiger partial charge in [-0.05, 0) is 29.5 Å². The van der Waals surface area contributed by atoms with Gasteiger partial charge in [-0.3, -0.25) is 10.1 Å². The standard InChI is InChI=1S/C13H11NO4S/c1-9-5-6-19-12(9)13(15)18-8-10-3-2-4-11(7-10)14(16)17/h2-7H,8H2,1H3. The highest BCUT2D eigenvalue weighted by Gasteiger charge is 2.13. The molecule has 0 unspecified atom stereocenters. The number of ether oxygens (including phenoxy) is 1. The van der Waals surface area contributed by atoms with Crippen LogP contribution in [0.5, 0.6) is 0 Å². The van der Waals surface area contributed by atoms with E-state index in [0.29, 0.717) is 10.4 Å². The normalized spacial score (nSPS) is 10.2. The summed E-state index contributed by atoms with van der Waals surface area (Å²) in [6.45, 7) is 1.86. The third-order valence-corrected chi connectivity index (χ3v) is 3.54. The highest BCUT2D eigenvalue weighted by Crippen LogP contribution is 2.18. The van der Waals surface area contributed by atoms with Crippen molar-refractivity contribution < 1.29 is 14.5 Å². The molecule has 19 heavy (non-hydrogen) atoms. The SMILES string of the molecule is Cc1ccsc1C(=O)OCc1cccc([N+](=O)[O-])c1. The Morgan fingerprint density at radius 1 is 1.42 bits per heavy atom. The average molecular weight is 277 g/mol. The number of non-ortho nitro benzene ring substituents is 1. The first-order valence-corrected chi connectivity index (χ1v) is 6.40. The Balaban J connectivity index is 2.03. The van der Waals surface area contributed by atoms with E-state index in [-0.39, 0.29) is 12.3 Å². The Morgan fingerprint density at radius 2 is 2.21 bits per heavy atom. The lowest BCUT2D eigenvalue weighted by Crippen LogP contribution is -2.04. The van der Waals surface area contributed by atoms with Crippen molar-refractivity contribution in [1.82, 2.24) is 0 Å². The highest BCUT2D eigenvalue weighted by molar-refractivity contribution is 7.12. The van der Waals surface area contributed by atoms with Gasteiger partial charge < -0.3 is 4.74 Å². The predicted octanol–water partition coefficient (Wildman–Crippen LogP) is 3.32. The highest BCUT2D eigenvalue weighted by atomic mass is 32.1. The predicted molar refractivity (Wildman–Crippen MR) is 71.3 cm³/mol. The third kappa shape index (κ3) is 3.17. The fourth-order valence-corrected chi connectivity index (χ4v) is 2.37. The summed E-state index contributed by atoms with van der Waals surface area (Å²) in [5.41, 5.74) is 1.45. The number of nitrogens with zero attached hydrogens (tertiary/aromatic N) is 1. The number of carbonyl (C=O) groups excluding carboxylic acids is 1. The molecule has 0 fully saturated rings. The van der Waals surface area contributed by atoms with Gasteiger partial charge in [-0.15, -0.1) is 11.3 Å². The van der Waals surface area contributed by atoms with Gasteiger partial charge in [0.05, 0.1) is 4.92 Å². The van der Waals surface area contributed by atoms with E-state index in [1.165, 1.54) is 23.5 Å². The second kappa shape index (κ2) is 5.62. The van der Waals surface area contributed by atoms with E-state index >= 15 is 0 Å². The molecule has 2 rings (SSSR count). The van der Waals surface area contributed by atoms with Crippen molar-refractivity contribution in [3.8, 4) is 0 Å². The summed E-state index contributed by atoms with van der Waals surface area (Å²) in [5, 5.41) is 12.4. The summed E-state index contributed by atoms with van der Waals surface area (Å²) < 4.78 is 5.14. The number of thiophene rings is 1. The van der Waals surface area contributed by atoms with Crippen molar-refractivity contribution in [2.24, 2.45) is 0 Å². The minimum Gasteiger partial charge on any atom is -0.457 e. The molecule has 0 amide bonds. The second-order valence-electron chi connectivity index (χ2n) is 3.94. The van der Waals surface area contributed by atoms with Crippen molar-refractivity contribution in [3.05, 3.63) is 61.8 Å². The number of nitro benzene ring substituents is 1. The van der Waals surface area contributed by atoms with Gasteiger partial charge in [0.15, 0.2) is 0 Å². The average Bonchev–Trinajstić information content (AvgIpc) is 2.82. The Bertz CT molecular complexity index is 621. The monoisotopic (exact) mass is 277 g/mol. The Kier molecular flexibility index (Phi) is 3.91. The molecule has 0 aliphatic carbocycles. The molecule has 0 aliphatic heterocycles. The van der Waals surface area contributed by atoms with E-state index in [0.717, 1.165) is 5.56 Å². The van der Waals surface area contributed by atoms with Gasteiger partial charge in [-0.25, -0.2) is 4.79 Å². The third-order valence-electron chi connectivity index (χ3n) is 2.54. The lowest BCUT2D eigenvalue weighted by Gasteiger charge is -2.04. The van der Waals surface area contributed by atoms with Crippen molar-refractivity contribution in [3.63, 3.8) is 0 Å². The number of rotatable bonds is 4. The van der Waals surface area contributed by atoms with Gasteiger partial charge in [0.2, 0.25) is 0 Å². The number of esters is 1. The zero-order valence-electron chi connectivity index (χ0n) is 10.2. The van der Waals surface area contributed by atoms with E-state index in [2.05, 4.69) is 0 Å². The molecule has 1 heterocycles. The van der Waals surface area contributed by atoms with Crippen LogP contribution in [0.4, 0.5) is 5.69 Å². The van der Waals surface area contributed by atoms with Gasteiger partial charge in [0, 0.05) is 12.1 Å². The molecule has 2 aromatic rings. The van der Waals surface area contributed by atoms with Crippen LogP contribution < -0.4 is 0 Å². The zero-order chi connectivity index (χ0) is 13.8. The quantitative estimate of drug-likeness (QED) is 0.488. The van der Waals surface area contributed by atoms with Gasteiger partial charge in [-0.2, -0.15) is 0 Å². The molecule has 1 aromatic heterocycles. The van der Waals surface area contributed by atoms with E-state index < -0.39 is 10.9 Å². The first-order chi connectivity index (χ1) is 9.08. The summed E-state index contributed by atoms with van der Waals surface area (Å²) in [5.74, 6) is -0.404. The molecule has 0 aliphatic rings. The summed E-state index contributed by atoms with van der Waals surface area (Å²) in [6.07, 6.45) is 0. The number of aryl methyl sites for hydroxylation is 1. The number of carbonyl (C=O) groups is 1. The van der Waals surface area contributed by atoms with Crippen LogP contribution in [0.2, 0.25) is 0 Å². The van der Waals surface area contributed by atoms with E-state index in [4.69, 9.17) is 4.74 Å². The number of hydrogen-bond acceptors (Lipinski definition) is 5. The number of nitro groups is 1. The van der Waals surface area contributed by atoms with Crippen molar-refractivity contribution in [2.75, 3.05) is 0 Å². The van der Waals surface area contributed by atoms with Crippen LogP contribution in [0.1, 0.15) is 20.8 Å². The summed E-state index contributed by atoms with van der Waals surface area (Å²) >= 11 is 1.32. The number of hydrogen-bond donors (Lipinski definition) is 0. The molecule has 0 atom stereocenters. The minimum atomic E-state index is -0.477. The summed E-state index contributed by atoms with van der Waals surface area (Å²) in [4.78, 5) is 22.5. The fourth-order valence-electron chi connectivity index (χ4n) is 1.56. The molecular formula is C13H11NO4S. The lowest BCUT2D eigenvalue weighted by atomic mass is 10.2. The minimum absolute atomic E-state index is 0.0131. The first-order valence-electron chi connectivity index (χ1n) is 5.52. The molecule has 5 nitrogen and oxygen atoms in total. The maximum Gasteiger partial charge on any atom is 0.348 e. The Morgan fingerprint density at radius 3 is 2.84 bits per heavy atom. The molecule has 0 radical (unpaired) electrons. The molecule has 0 saturated carbocycles. The largest absolute Gasteiger partial charge is 0.457 e. The van der Waals surface area contributed by atoms with Crippen LogP contribution >= 0.6 is 11.3 Å². The van der Waals surface area contributed by atoms with Crippen LogP contribution in [0.25, 0.3) is 0 Å². The zero-order valence-corrected chi connectivity index (χ0v) is 11.0. The van der Waals surface area contributed by atoms with Crippen LogP contribution in [0.15, 0.2) is 35.7 Å². The van der Waals surface area contributed by atoms with Crippen LogP contribution in [-0.2, 0) is 11.3 Å². The van der Waals surface area contributed by atoms with Crippen LogP contribution in [0, 0.1) is 17.0 Å². The van der Waals surface area contributed by atoms with Crippen LogP contribution in [-0.4, -0.2) is 10.9 Å². The van der Waals surface area contributed by atoms with E-state index in [9.17, 15) is 14.9 Å². The maximum absolute atomic E-state index is 11.8. The smallest absolute Gasteiger partial charge is 0.348 e. The fraction of sp³-hybridized carbons (Fsp3) is 0.154. The first kappa shape index (κ1) is 13.2. The second-order valence-corrected chi connectivity index (χ2v) is 4.85. The Hall–Kier alpha value is -2.21. The van der Waals surface area contributed by atoms with Crippen molar-refractivity contribution >= 4 is 23.0 Å². The van der Waals surface area contributed by atoms with E-state index in [1.807, 2.05) is 18.4 Å². The topological polar surface area (TPSA) is 69.4 Å². The van der Waals surface area contributed by atoms with Gasteiger partial charge in [-0.1, -0.05) is 12.1 Å².